The molecule has 5 atom stereocenters. The Kier molecular flexibility index (Phi) is 27.6. The van der Waals surface area contributed by atoms with Crippen molar-refractivity contribution >= 4 is 41.9 Å². The van der Waals surface area contributed by atoms with Gasteiger partial charge < -0.3 is 57.4 Å². The van der Waals surface area contributed by atoms with E-state index in [9.17, 15) is 33.6 Å². The van der Waals surface area contributed by atoms with Gasteiger partial charge in [0, 0.05) is 48.9 Å². The van der Waals surface area contributed by atoms with Crippen molar-refractivity contribution in [3.8, 4) is 0 Å². The topological polar surface area (TPSA) is 233 Å². The van der Waals surface area contributed by atoms with Crippen LogP contribution in [0.4, 0.5) is 4.79 Å². The van der Waals surface area contributed by atoms with E-state index >= 15 is 0 Å². The van der Waals surface area contributed by atoms with Crippen LogP contribution in [0.1, 0.15) is 80.6 Å². The summed E-state index contributed by atoms with van der Waals surface area (Å²) in [6.07, 6.45) is 5.35. The number of hydrogen-bond donors (Lipinski definition) is 1. The standard InChI is InChI=1S/C49H75NO18/c1-13-39(51)62-29-48(30-63-40(52)14-2,31-64-41(53)15-3)27-59-28-49(32-65-42(54)16-4,33-66-43(55)17-5)34-67-45(57)50-47(12)22-38(21-46(10,11)26-47)19-20-44(56)68-37(9)25-61-36(8)24-60-35(7)23-58-18-6/h13-17,35-38H,1-5,18-34H2,6-12H3,(H,50,57). The molecule has 0 aliphatic heterocycles. The number of ether oxygens (including phenoxy) is 11. The number of carbonyl (C=O) groups is 7. The summed E-state index contributed by atoms with van der Waals surface area (Å²) in [6.45, 7) is 28.0. The molecular weight excluding hydrogens is 891 g/mol. The molecule has 68 heavy (non-hydrogen) atoms. The highest BCUT2D eigenvalue weighted by Gasteiger charge is 2.44. The van der Waals surface area contributed by atoms with E-state index in [2.05, 4.69) is 52.1 Å². The van der Waals surface area contributed by atoms with Crippen molar-refractivity contribution in [1.29, 1.82) is 0 Å². The van der Waals surface area contributed by atoms with Crippen molar-refractivity contribution in [2.45, 2.75) is 104 Å². The van der Waals surface area contributed by atoms with Crippen LogP contribution in [0.25, 0.3) is 0 Å². The largest absolute Gasteiger partial charge is 0.462 e. The summed E-state index contributed by atoms with van der Waals surface area (Å²) < 4.78 is 61.1. The lowest BCUT2D eigenvalue weighted by Crippen LogP contribution is -2.54. The Balaban J connectivity index is 3.23. The number of alkyl carbamates (subject to hydrolysis) is 1. The summed E-state index contributed by atoms with van der Waals surface area (Å²) in [7, 11) is 0. The van der Waals surface area contributed by atoms with Gasteiger partial charge in [-0.3, -0.25) is 4.79 Å². The van der Waals surface area contributed by atoms with Gasteiger partial charge in [0.25, 0.3) is 0 Å². The Morgan fingerprint density at radius 2 is 0.971 bits per heavy atom. The zero-order valence-electron chi connectivity index (χ0n) is 41.1. The first-order valence-electron chi connectivity index (χ1n) is 22.5. The molecule has 0 spiro atoms. The first-order valence-corrected chi connectivity index (χ1v) is 22.5. The predicted octanol–water partition coefficient (Wildman–Crippen LogP) is 5.49. The lowest BCUT2D eigenvalue weighted by Gasteiger charge is -2.47. The molecule has 384 valence electrons. The first kappa shape index (κ1) is 60.6. The molecule has 1 fully saturated rings. The molecule has 0 radical (unpaired) electrons. The van der Waals surface area contributed by atoms with Crippen LogP contribution in [0.3, 0.4) is 0 Å². The number of esters is 6. The SMILES string of the molecule is C=CC(=O)OCC(COCC(COC(=O)C=C)(COC(=O)C=C)COC(=O)NC1(C)CC(CCC(=O)OC(C)COC(C)COC(C)COCC)CC(C)(C)C1)(COC(=O)C=C)COC(=O)C=C. The van der Waals surface area contributed by atoms with Crippen LogP contribution in [0, 0.1) is 22.2 Å². The molecule has 0 aromatic carbocycles. The molecule has 1 saturated carbocycles. The van der Waals surface area contributed by atoms with Gasteiger partial charge >= 0.3 is 41.9 Å². The van der Waals surface area contributed by atoms with E-state index in [1.165, 1.54) is 0 Å². The van der Waals surface area contributed by atoms with E-state index in [4.69, 9.17) is 52.1 Å². The molecule has 0 heterocycles. The third-order valence-corrected chi connectivity index (χ3v) is 10.5. The molecule has 1 aliphatic carbocycles. The zero-order chi connectivity index (χ0) is 51.4. The Bertz CT molecular complexity index is 1630. The predicted molar refractivity (Wildman–Crippen MR) is 248 cm³/mol. The second-order valence-corrected chi connectivity index (χ2v) is 18.2. The average Bonchev–Trinajstić information content (AvgIpc) is 3.30. The fourth-order valence-corrected chi connectivity index (χ4v) is 7.51. The van der Waals surface area contributed by atoms with Gasteiger partial charge in [-0.05, 0) is 71.6 Å². The maximum atomic E-state index is 13.8. The lowest BCUT2D eigenvalue weighted by atomic mass is 9.63. The highest BCUT2D eigenvalue weighted by Crippen LogP contribution is 2.45. The second kappa shape index (κ2) is 30.9. The first-order chi connectivity index (χ1) is 32.0. The second-order valence-electron chi connectivity index (χ2n) is 18.2. The third-order valence-electron chi connectivity index (χ3n) is 10.5. The van der Waals surface area contributed by atoms with Gasteiger partial charge in [-0.25, -0.2) is 28.8 Å². The van der Waals surface area contributed by atoms with Crippen molar-refractivity contribution < 1.29 is 85.7 Å². The van der Waals surface area contributed by atoms with Crippen molar-refractivity contribution in [2.24, 2.45) is 22.2 Å². The molecule has 5 unspecified atom stereocenters. The van der Waals surface area contributed by atoms with Gasteiger partial charge in [0.1, 0.15) is 45.7 Å². The van der Waals surface area contributed by atoms with Crippen molar-refractivity contribution in [1.82, 2.24) is 5.32 Å². The fraction of sp³-hybridized carbons (Fsp3) is 0.653. The van der Waals surface area contributed by atoms with Crippen LogP contribution in [-0.4, -0.2) is 145 Å². The van der Waals surface area contributed by atoms with Gasteiger partial charge in [-0.2, -0.15) is 0 Å². The molecule has 0 aromatic rings. The van der Waals surface area contributed by atoms with Crippen molar-refractivity contribution in [3.63, 3.8) is 0 Å². The van der Waals surface area contributed by atoms with Crippen LogP contribution in [0.15, 0.2) is 63.3 Å². The van der Waals surface area contributed by atoms with Gasteiger partial charge in [0.05, 0.1) is 56.1 Å². The van der Waals surface area contributed by atoms with E-state index in [0.29, 0.717) is 39.1 Å². The summed E-state index contributed by atoms with van der Waals surface area (Å²) >= 11 is 0. The number of nitrogens with one attached hydrogen (secondary N) is 1. The number of amides is 1. The van der Waals surface area contributed by atoms with E-state index in [1.54, 1.807) is 6.92 Å². The minimum atomic E-state index is -1.61. The summed E-state index contributed by atoms with van der Waals surface area (Å²) in [6, 6.07) is 0. The Labute approximate surface area is 401 Å². The number of carbonyl (C=O) groups excluding carboxylic acids is 7. The van der Waals surface area contributed by atoms with Crippen LogP contribution in [-0.2, 0) is 80.9 Å². The molecule has 1 aliphatic rings. The average molecular weight is 966 g/mol. The van der Waals surface area contributed by atoms with E-state index in [1.807, 2.05) is 27.7 Å². The minimum absolute atomic E-state index is 0.0191. The molecule has 0 bridgehead atoms. The number of rotatable bonds is 35. The van der Waals surface area contributed by atoms with Gasteiger partial charge in [-0.15, -0.1) is 0 Å². The normalized spacial score (nSPS) is 17.9. The Morgan fingerprint density at radius 1 is 0.574 bits per heavy atom. The van der Waals surface area contributed by atoms with E-state index in [0.717, 1.165) is 36.8 Å². The van der Waals surface area contributed by atoms with Crippen LogP contribution in [0.5, 0.6) is 0 Å². The number of hydrogen-bond acceptors (Lipinski definition) is 18. The summed E-state index contributed by atoms with van der Waals surface area (Å²) in [5.41, 5.74) is -4.23. The highest BCUT2D eigenvalue weighted by molar-refractivity contribution is 5.83. The fourth-order valence-electron chi connectivity index (χ4n) is 7.51. The Hall–Kier alpha value is -5.37. The molecule has 19 heteroatoms. The minimum Gasteiger partial charge on any atom is -0.462 e. The quantitative estimate of drug-likeness (QED) is 0.0470. The maximum Gasteiger partial charge on any atom is 0.407 e. The molecule has 19 nitrogen and oxygen atoms in total. The van der Waals surface area contributed by atoms with Crippen molar-refractivity contribution in [2.75, 3.05) is 79.3 Å². The van der Waals surface area contributed by atoms with Crippen LogP contribution in [0.2, 0.25) is 0 Å². The molecule has 0 aromatic heterocycles. The Morgan fingerprint density at radius 3 is 1.38 bits per heavy atom. The van der Waals surface area contributed by atoms with Gasteiger partial charge in [-0.1, -0.05) is 46.7 Å². The third kappa shape index (κ3) is 25.1. The van der Waals surface area contributed by atoms with Gasteiger partial charge in [0.15, 0.2) is 0 Å². The molecule has 1 amide bonds. The van der Waals surface area contributed by atoms with Crippen LogP contribution >= 0.6 is 0 Å². The molecular formula is C49H75NO18. The van der Waals surface area contributed by atoms with E-state index < -0.39 is 111 Å². The van der Waals surface area contributed by atoms with Gasteiger partial charge in [0.2, 0.25) is 0 Å². The zero-order valence-corrected chi connectivity index (χ0v) is 41.1. The van der Waals surface area contributed by atoms with Crippen molar-refractivity contribution in [3.05, 3.63) is 63.3 Å². The summed E-state index contributed by atoms with van der Waals surface area (Å²) in [4.78, 5) is 88.0. The molecule has 1 N–H and O–H groups in total. The summed E-state index contributed by atoms with van der Waals surface area (Å²) in [5, 5.41) is 2.99. The van der Waals surface area contributed by atoms with E-state index in [-0.39, 0.29) is 42.5 Å². The smallest absolute Gasteiger partial charge is 0.407 e. The molecule has 1 rings (SSSR count). The highest BCUT2D eigenvalue weighted by atomic mass is 16.6. The lowest BCUT2D eigenvalue weighted by molar-refractivity contribution is -0.167. The summed E-state index contributed by atoms with van der Waals surface area (Å²) in [5.74, 6) is -4.63. The van der Waals surface area contributed by atoms with Crippen LogP contribution < -0.4 is 5.32 Å². The maximum absolute atomic E-state index is 13.8. The molecule has 0 saturated heterocycles. The monoisotopic (exact) mass is 965 g/mol.